The van der Waals surface area contributed by atoms with Crippen molar-refractivity contribution in [1.82, 2.24) is 0 Å². The number of halogens is 2. The lowest BCUT2D eigenvalue weighted by molar-refractivity contribution is 0.958. The Balaban J connectivity index is 2.74. The van der Waals surface area contributed by atoms with Crippen molar-refractivity contribution in [3.63, 3.8) is 0 Å². The van der Waals surface area contributed by atoms with E-state index in [-0.39, 0.29) is 5.38 Å². The molecule has 0 aromatic heterocycles. The summed E-state index contributed by atoms with van der Waals surface area (Å²) in [5, 5.41) is 0.0515. The topological polar surface area (TPSA) is 0 Å². The molecule has 0 aliphatic heterocycles. The van der Waals surface area contributed by atoms with Gasteiger partial charge in [0.2, 0.25) is 0 Å². The highest BCUT2D eigenvalue weighted by Gasteiger charge is 2.04. The number of benzene rings is 1. The van der Waals surface area contributed by atoms with Crippen LogP contribution in [0.1, 0.15) is 17.4 Å². The summed E-state index contributed by atoms with van der Waals surface area (Å²) in [5.41, 5.74) is 1.14. The van der Waals surface area contributed by atoms with E-state index in [4.69, 9.17) is 11.6 Å². The zero-order chi connectivity index (χ0) is 8.97. The number of allylic oxidation sites excluding steroid dienone is 1. The molecule has 0 saturated carbocycles. The van der Waals surface area contributed by atoms with Crippen LogP contribution in [0, 0.1) is 0 Å². The largest absolute Gasteiger partial charge is 0.117 e. The van der Waals surface area contributed by atoms with Crippen molar-refractivity contribution in [2.75, 3.05) is 0 Å². The highest BCUT2D eigenvalue weighted by Crippen LogP contribution is 2.25. The summed E-state index contributed by atoms with van der Waals surface area (Å²) in [6.07, 6.45) is 2.64. The molecule has 1 unspecified atom stereocenters. The minimum Gasteiger partial charge on any atom is -0.117 e. The third-order valence-electron chi connectivity index (χ3n) is 1.61. The third kappa shape index (κ3) is 2.65. The molecule has 0 N–H and O–H groups in total. The van der Waals surface area contributed by atoms with Crippen LogP contribution in [0.3, 0.4) is 0 Å². The number of hydrogen-bond donors (Lipinski definition) is 0. The monoisotopic (exact) mass is 244 g/mol. The average molecular weight is 246 g/mol. The summed E-state index contributed by atoms with van der Waals surface area (Å²) < 4.78 is 1.08. The first kappa shape index (κ1) is 9.82. The van der Waals surface area contributed by atoms with Gasteiger partial charge in [-0.1, -0.05) is 34.1 Å². The van der Waals surface area contributed by atoms with Crippen molar-refractivity contribution < 1.29 is 0 Å². The minimum absolute atomic E-state index is 0.0515. The van der Waals surface area contributed by atoms with Gasteiger partial charge < -0.3 is 0 Å². The van der Waals surface area contributed by atoms with Crippen LogP contribution in [-0.4, -0.2) is 0 Å². The lowest BCUT2D eigenvalue weighted by atomic mass is 10.1. The fraction of sp³-hybridized carbons (Fsp3) is 0.200. The van der Waals surface area contributed by atoms with Gasteiger partial charge in [0.15, 0.2) is 0 Å². The summed E-state index contributed by atoms with van der Waals surface area (Å²) in [6.45, 7) is 3.65. The molecule has 0 bridgehead atoms. The molecule has 0 amide bonds. The van der Waals surface area contributed by atoms with Gasteiger partial charge in [-0.3, -0.25) is 0 Å². The van der Waals surface area contributed by atoms with Crippen molar-refractivity contribution in [3.8, 4) is 0 Å². The Morgan fingerprint density at radius 3 is 2.50 bits per heavy atom. The predicted molar refractivity (Wildman–Crippen MR) is 57.6 cm³/mol. The standard InChI is InChI=1S/C10H10BrCl/c1-2-3-10(12)8-4-6-9(11)7-5-8/h2,4-7,10H,1,3H2. The van der Waals surface area contributed by atoms with Gasteiger partial charge in [0.05, 0.1) is 5.38 Å². The fourth-order valence-electron chi connectivity index (χ4n) is 0.954. The molecule has 0 saturated heterocycles. The van der Waals surface area contributed by atoms with Gasteiger partial charge in [-0.15, -0.1) is 18.2 Å². The van der Waals surface area contributed by atoms with E-state index in [1.165, 1.54) is 0 Å². The Hall–Kier alpha value is -0.270. The Labute approximate surface area is 86.4 Å². The number of alkyl halides is 1. The molecular weight excluding hydrogens is 235 g/mol. The summed E-state index contributed by atoms with van der Waals surface area (Å²) in [5.74, 6) is 0. The summed E-state index contributed by atoms with van der Waals surface area (Å²) in [7, 11) is 0. The maximum atomic E-state index is 6.07. The van der Waals surface area contributed by atoms with Gasteiger partial charge in [0, 0.05) is 4.47 Å². The highest BCUT2D eigenvalue weighted by molar-refractivity contribution is 9.10. The van der Waals surface area contributed by atoms with Gasteiger partial charge in [0.25, 0.3) is 0 Å². The van der Waals surface area contributed by atoms with Crippen LogP contribution in [0.2, 0.25) is 0 Å². The van der Waals surface area contributed by atoms with Crippen LogP contribution in [0.25, 0.3) is 0 Å². The third-order valence-corrected chi connectivity index (χ3v) is 2.56. The normalized spacial score (nSPS) is 12.5. The van der Waals surface area contributed by atoms with Gasteiger partial charge in [-0.2, -0.15) is 0 Å². The van der Waals surface area contributed by atoms with E-state index in [0.717, 1.165) is 16.5 Å². The van der Waals surface area contributed by atoms with Crippen molar-refractivity contribution in [2.24, 2.45) is 0 Å². The van der Waals surface area contributed by atoms with E-state index >= 15 is 0 Å². The molecule has 1 rings (SSSR count). The van der Waals surface area contributed by atoms with Gasteiger partial charge in [-0.05, 0) is 24.1 Å². The maximum Gasteiger partial charge on any atom is 0.0619 e. The quantitative estimate of drug-likeness (QED) is 0.550. The SMILES string of the molecule is C=CCC(Cl)c1ccc(Br)cc1. The molecule has 0 heterocycles. The highest BCUT2D eigenvalue weighted by atomic mass is 79.9. The molecule has 0 aliphatic rings. The van der Waals surface area contributed by atoms with Crippen LogP contribution < -0.4 is 0 Å². The van der Waals surface area contributed by atoms with Crippen molar-refractivity contribution in [1.29, 1.82) is 0 Å². The minimum atomic E-state index is 0.0515. The van der Waals surface area contributed by atoms with E-state index in [0.29, 0.717) is 0 Å². The molecule has 0 aliphatic carbocycles. The second-order valence-corrected chi connectivity index (χ2v) is 3.99. The zero-order valence-corrected chi connectivity index (χ0v) is 8.98. The van der Waals surface area contributed by atoms with E-state index in [9.17, 15) is 0 Å². The van der Waals surface area contributed by atoms with E-state index < -0.39 is 0 Å². The first-order valence-electron chi connectivity index (χ1n) is 3.74. The van der Waals surface area contributed by atoms with E-state index in [2.05, 4.69) is 22.5 Å². The Bertz CT molecular complexity index is 253. The van der Waals surface area contributed by atoms with Crippen LogP contribution in [0.4, 0.5) is 0 Å². The molecule has 1 atom stereocenters. The molecule has 0 radical (unpaired) electrons. The van der Waals surface area contributed by atoms with Crippen LogP contribution in [-0.2, 0) is 0 Å². The van der Waals surface area contributed by atoms with E-state index in [1.807, 2.05) is 30.3 Å². The summed E-state index contributed by atoms with van der Waals surface area (Å²) >= 11 is 9.44. The molecular formula is C10H10BrCl. The smallest absolute Gasteiger partial charge is 0.0619 e. The molecule has 0 fully saturated rings. The van der Waals surface area contributed by atoms with Gasteiger partial charge in [-0.25, -0.2) is 0 Å². The first-order chi connectivity index (χ1) is 5.74. The van der Waals surface area contributed by atoms with Crippen molar-refractivity contribution >= 4 is 27.5 Å². The number of hydrogen-bond acceptors (Lipinski definition) is 0. The lowest BCUT2D eigenvalue weighted by Gasteiger charge is -2.06. The molecule has 1 aromatic carbocycles. The molecule has 0 nitrogen and oxygen atoms in total. The lowest BCUT2D eigenvalue weighted by Crippen LogP contribution is -1.87. The van der Waals surface area contributed by atoms with E-state index in [1.54, 1.807) is 0 Å². The van der Waals surface area contributed by atoms with Crippen molar-refractivity contribution in [2.45, 2.75) is 11.8 Å². The molecule has 0 spiro atoms. The molecule has 2 heteroatoms. The Morgan fingerprint density at radius 2 is 2.00 bits per heavy atom. The second kappa shape index (κ2) is 4.68. The Morgan fingerprint density at radius 1 is 1.42 bits per heavy atom. The summed E-state index contributed by atoms with van der Waals surface area (Å²) in [4.78, 5) is 0. The molecule has 64 valence electrons. The molecule has 1 aromatic rings. The van der Waals surface area contributed by atoms with Crippen LogP contribution in [0.5, 0.6) is 0 Å². The molecule has 12 heavy (non-hydrogen) atoms. The van der Waals surface area contributed by atoms with Gasteiger partial charge >= 0.3 is 0 Å². The zero-order valence-electron chi connectivity index (χ0n) is 6.63. The van der Waals surface area contributed by atoms with Crippen molar-refractivity contribution in [3.05, 3.63) is 47.0 Å². The Kier molecular flexibility index (Phi) is 3.83. The van der Waals surface area contributed by atoms with Crippen LogP contribution >= 0.6 is 27.5 Å². The average Bonchev–Trinajstić information content (AvgIpc) is 2.06. The van der Waals surface area contributed by atoms with Gasteiger partial charge in [0.1, 0.15) is 0 Å². The fourth-order valence-corrected chi connectivity index (χ4v) is 1.49. The predicted octanol–water partition coefficient (Wildman–Crippen LogP) is 4.31. The second-order valence-electron chi connectivity index (χ2n) is 2.54. The number of rotatable bonds is 3. The van der Waals surface area contributed by atoms with Crippen LogP contribution in [0.15, 0.2) is 41.4 Å². The summed E-state index contributed by atoms with van der Waals surface area (Å²) in [6, 6.07) is 8.03. The maximum absolute atomic E-state index is 6.07. The first-order valence-corrected chi connectivity index (χ1v) is 4.97.